The summed E-state index contributed by atoms with van der Waals surface area (Å²) >= 11 is 3.58. The maximum Gasteiger partial charge on any atom is 0.0674 e. The van der Waals surface area contributed by atoms with E-state index in [-0.39, 0.29) is 6.04 Å². The number of morpholine rings is 1. The summed E-state index contributed by atoms with van der Waals surface area (Å²) in [6.07, 6.45) is 2.44. The van der Waals surface area contributed by atoms with Gasteiger partial charge in [0.15, 0.2) is 0 Å². The van der Waals surface area contributed by atoms with Gasteiger partial charge in [0, 0.05) is 29.6 Å². The van der Waals surface area contributed by atoms with E-state index in [0.29, 0.717) is 12.1 Å². The lowest BCUT2D eigenvalue weighted by atomic mass is 10.0. The molecule has 2 rings (SSSR count). The largest absolute Gasteiger partial charge is 0.376 e. The highest BCUT2D eigenvalue weighted by Crippen LogP contribution is 2.24. The van der Waals surface area contributed by atoms with Gasteiger partial charge in [0.1, 0.15) is 0 Å². The Bertz CT molecular complexity index is 427. The van der Waals surface area contributed by atoms with Crippen molar-refractivity contribution < 1.29 is 4.74 Å². The summed E-state index contributed by atoms with van der Waals surface area (Å²) in [5.74, 6) is 0. The second-order valence-corrected chi connectivity index (χ2v) is 6.47. The van der Waals surface area contributed by atoms with Gasteiger partial charge in [-0.25, -0.2) is 0 Å². The van der Waals surface area contributed by atoms with Gasteiger partial charge in [0.25, 0.3) is 0 Å². The summed E-state index contributed by atoms with van der Waals surface area (Å²) in [4.78, 5) is 2.53. The molecule has 1 aromatic rings. The first-order chi connectivity index (χ1) is 9.61. The molecule has 1 aliphatic heterocycles. The van der Waals surface area contributed by atoms with Crippen molar-refractivity contribution in [1.29, 1.82) is 0 Å². The fourth-order valence-electron chi connectivity index (χ4n) is 2.80. The van der Waals surface area contributed by atoms with E-state index < -0.39 is 0 Å². The SMILES string of the molecule is CCC1COC(C)CN1CCC(N)c1ccccc1Br. The molecular weight excluding hydrogens is 316 g/mol. The molecule has 0 aliphatic carbocycles. The van der Waals surface area contributed by atoms with Crippen LogP contribution in [0.25, 0.3) is 0 Å². The molecule has 0 bridgehead atoms. The normalized spacial score (nSPS) is 25.6. The van der Waals surface area contributed by atoms with Crippen molar-refractivity contribution in [2.24, 2.45) is 5.73 Å². The topological polar surface area (TPSA) is 38.5 Å². The third-order valence-electron chi connectivity index (χ3n) is 4.08. The van der Waals surface area contributed by atoms with E-state index >= 15 is 0 Å². The van der Waals surface area contributed by atoms with Crippen LogP contribution in [0.4, 0.5) is 0 Å². The number of halogens is 1. The van der Waals surface area contributed by atoms with Gasteiger partial charge >= 0.3 is 0 Å². The van der Waals surface area contributed by atoms with Crippen molar-refractivity contribution in [2.75, 3.05) is 19.7 Å². The lowest BCUT2D eigenvalue weighted by molar-refractivity contribution is -0.0564. The summed E-state index contributed by atoms with van der Waals surface area (Å²) in [5, 5.41) is 0. The van der Waals surface area contributed by atoms with E-state index in [1.807, 2.05) is 12.1 Å². The minimum Gasteiger partial charge on any atom is -0.376 e. The van der Waals surface area contributed by atoms with Crippen LogP contribution in [0.3, 0.4) is 0 Å². The van der Waals surface area contributed by atoms with Crippen LogP contribution in [-0.4, -0.2) is 36.7 Å². The Morgan fingerprint density at radius 3 is 2.90 bits per heavy atom. The summed E-state index contributed by atoms with van der Waals surface area (Å²) in [7, 11) is 0. The molecule has 0 spiro atoms. The minimum atomic E-state index is 0.0845. The molecule has 3 nitrogen and oxygen atoms in total. The molecule has 3 atom stereocenters. The fourth-order valence-corrected chi connectivity index (χ4v) is 3.38. The average molecular weight is 341 g/mol. The number of rotatable bonds is 5. The van der Waals surface area contributed by atoms with Gasteiger partial charge in [-0.15, -0.1) is 0 Å². The second-order valence-electron chi connectivity index (χ2n) is 5.62. The molecule has 1 aromatic carbocycles. The Labute approximate surface area is 130 Å². The van der Waals surface area contributed by atoms with E-state index in [0.717, 1.165) is 37.0 Å². The van der Waals surface area contributed by atoms with Gasteiger partial charge in [-0.3, -0.25) is 4.90 Å². The van der Waals surface area contributed by atoms with Gasteiger partial charge in [-0.2, -0.15) is 0 Å². The summed E-state index contributed by atoms with van der Waals surface area (Å²) in [5.41, 5.74) is 7.54. The molecule has 1 fully saturated rings. The Morgan fingerprint density at radius 2 is 2.20 bits per heavy atom. The zero-order valence-electron chi connectivity index (χ0n) is 12.4. The number of hydrogen-bond donors (Lipinski definition) is 1. The smallest absolute Gasteiger partial charge is 0.0674 e. The minimum absolute atomic E-state index is 0.0845. The van der Waals surface area contributed by atoms with Crippen LogP contribution in [0.1, 0.15) is 38.3 Å². The van der Waals surface area contributed by atoms with Crippen molar-refractivity contribution >= 4 is 15.9 Å². The highest BCUT2D eigenvalue weighted by Gasteiger charge is 2.25. The third kappa shape index (κ3) is 4.04. The summed E-state index contributed by atoms with van der Waals surface area (Å²) < 4.78 is 6.85. The first kappa shape index (κ1) is 16.0. The highest BCUT2D eigenvalue weighted by molar-refractivity contribution is 9.10. The molecule has 0 amide bonds. The van der Waals surface area contributed by atoms with E-state index in [9.17, 15) is 0 Å². The lowest BCUT2D eigenvalue weighted by Gasteiger charge is -2.38. The monoisotopic (exact) mass is 340 g/mol. The number of benzene rings is 1. The maximum atomic E-state index is 6.35. The van der Waals surface area contributed by atoms with Gasteiger partial charge in [0.05, 0.1) is 12.7 Å². The van der Waals surface area contributed by atoms with Gasteiger partial charge in [-0.1, -0.05) is 41.1 Å². The molecule has 4 heteroatoms. The molecule has 0 saturated carbocycles. The van der Waals surface area contributed by atoms with Crippen molar-refractivity contribution in [3.05, 3.63) is 34.3 Å². The van der Waals surface area contributed by atoms with Crippen LogP contribution in [0.15, 0.2) is 28.7 Å². The van der Waals surface area contributed by atoms with Crippen LogP contribution in [-0.2, 0) is 4.74 Å². The maximum absolute atomic E-state index is 6.35. The van der Waals surface area contributed by atoms with E-state index in [2.05, 4.69) is 46.8 Å². The molecule has 20 heavy (non-hydrogen) atoms. The van der Waals surface area contributed by atoms with Crippen molar-refractivity contribution in [3.63, 3.8) is 0 Å². The Kier molecular flexibility index (Phi) is 6.02. The molecule has 1 saturated heterocycles. The first-order valence-electron chi connectivity index (χ1n) is 7.47. The standard InChI is InChI=1S/C16H25BrN2O/c1-3-13-11-20-12(2)10-19(13)9-8-16(18)14-6-4-5-7-15(14)17/h4-7,12-13,16H,3,8-11,18H2,1-2H3. The van der Waals surface area contributed by atoms with Crippen LogP contribution in [0, 0.1) is 0 Å². The Hall–Kier alpha value is -0.420. The van der Waals surface area contributed by atoms with Crippen LogP contribution < -0.4 is 5.73 Å². The molecule has 1 heterocycles. The average Bonchev–Trinajstić information content (AvgIpc) is 2.45. The highest BCUT2D eigenvalue weighted by atomic mass is 79.9. The van der Waals surface area contributed by atoms with Crippen molar-refractivity contribution in [3.8, 4) is 0 Å². The van der Waals surface area contributed by atoms with Crippen molar-refractivity contribution in [2.45, 2.75) is 44.9 Å². The van der Waals surface area contributed by atoms with E-state index in [1.165, 1.54) is 5.56 Å². The van der Waals surface area contributed by atoms with Crippen molar-refractivity contribution in [1.82, 2.24) is 4.90 Å². The van der Waals surface area contributed by atoms with E-state index in [4.69, 9.17) is 10.5 Å². The van der Waals surface area contributed by atoms with Crippen LogP contribution in [0.5, 0.6) is 0 Å². The zero-order chi connectivity index (χ0) is 14.5. The third-order valence-corrected chi connectivity index (χ3v) is 4.81. The predicted molar refractivity (Wildman–Crippen MR) is 86.8 cm³/mol. The second kappa shape index (κ2) is 7.55. The predicted octanol–water partition coefficient (Wildman–Crippen LogP) is 3.34. The Morgan fingerprint density at radius 1 is 1.45 bits per heavy atom. The molecule has 2 N–H and O–H groups in total. The molecule has 3 unspecified atom stereocenters. The van der Waals surface area contributed by atoms with Gasteiger partial charge < -0.3 is 10.5 Å². The van der Waals surface area contributed by atoms with Crippen LogP contribution >= 0.6 is 15.9 Å². The number of ether oxygens (including phenoxy) is 1. The zero-order valence-corrected chi connectivity index (χ0v) is 14.0. The summed E-state index contributed by atoms with van der Waals surface area (Å²) in [6.45, 7) is 7.27. The number of nitrogens with two attached hydrogens (primary N) is 1. The number of nitrogens with zero attached hydrogens (tertiary/aromatic N) is 1. The van der Waals surface area contributed by atoms with Gasteiger partial charge in [0.2, 0.25) is 0 Å². The molecule has 0 radical (unpaired) electrons. The molecular formula is C16H25BrN2O. The lowest BCUT2D eigenvalue weighted by Crippen LogP contribution is -2.49. The molecule has 112 valence electrons. The van der Waals surface area contributed by atoms with Crippen LogP contribution in [0.2, 0.25) is 0 Å². The molecule has 1 aliphatic rings. The molecule has 0 aromatic heterocycles. The quantitative estimate of drug-likeness (QED) is 0.893. The number of hydrogen-bond acceptors (Lipinski definition) is 3. The fraction of sp³-hybridized carbons (Fsp3) is 0.625. The van der Waals surface area contributed by atoms with Gasteiger partial charge in [-0.05, 0) is 31.4 Å². The summed E-state index contributed by atoms with van der Waals surface area (Å²) in [6, 6.07) is 8.86. The van der Waals surface area contributed by atoms with E-state index in [1.54, 1.807) is 0 Å². The first-order valence-corrected chi connectivity index (χ1v) is 8.26. The Balaban J connectivity index is 1.92.